The molecule has 1 amide bonds. The second kappa shape index (κ2) is 7.20. The Bertz CT molecular complexity index is 941. The first-order chi connectivity index (χ1) is 12.4. The van der Waals surface area contributed by atoms with Crippen LogP contribution in [0.4, 0.5) is 19.2 Å². The van der Waals surface area contributed by atoms with E-state index in [4.69, 9.17) is 4.42 Å². The molecule has 1 N–H and O–H groups in total. The number of carbonyl (C=O) groups excluding carboxylic acids is 1. The molecule has 1 aromatic heterocycles. The minimum Gasteiger partial charge on any atom is -0.403 e. The van der Waals surface area contributed by atoms with Gasteiger partial charge in [-0.1, -0.05) is 17.2 Å². The third kappa shape index (κ3) is 4.05. The van der Waals surface area contributed by atoms with E-state index >= 15 is 0 Å². The lowest BCUT2D eigenvalue weighted by Crippen LogP contribution is -2.14. The molecule has 26 heavy (non-hydrogen) atoms. The molecule has 0 fully saturated rings. The molecule has 0 saturated carbocycles. The number of nitrogens with one attached hydrogen (secondary N) is 1. The molecule has 3 aromatic rings. The van der Waals surface area contributed by atoms with Crippen LogP contribution in [0.2, 0.25) is 0 Å². The monoisotopic (exact) mass is 379 g/mol. The van der Waals surface area contributed by atoms with Crippen molar-refractivity contribution in [1.29, 1.82) is 0 Å². The van der Waals surface area contributed by atoms with Crippen LogP contribution in [0, 0.1) is 0 Å². The number of aromatic nitrogens is 2. The molecule has 0 spiro atoms. The molecule has 3 rings (SSSR count). The standard InChI is InChI=1S/C17H12F3N3O2S/c1-26-13-7-3-5-11(9-13)15-22-23-16(25-15)21-14(24)10-4-2-6-12(8-10)17(18,19)20/h2-9H,1H3,(H,21,23,24). The molecule has 0 bridgehead atoms. The summed E-state index contributed by atoms with van der Waals surface area (Å²) >= 11 is 1.54. The Morgan fingerprint density at radius 1 is 1.12 bits per heavy atom. The summed E-state index contributed by atoms with van der Waals surface area (Å²) in [5, 5.41) is 9.86. The molecule has 0 radical (unpaired) electrons. The molecule has 0 aliphatic heterocycles. The van der Waals surface area contributed by atoms with Gasteiger partial charge in [-0.25, -0.2) is 0 Å². The highest BCUT2D eigenvalue weighted by molar-refractivity contribution is 7.98. The molecule has 0 aliphatic rings. The van der Waals surface area contributed by atoms with Crippen LogP contribution >= 0.6 is 11.8 Å². The van der Waals surface area contributed by atoms with E-state index in [1.165, 1.54) is 6.07 Å². The number of thioether (sulfide) groups is 1. The van der Waals surface area contributed by atoms with Crippen molar-refractivity contribution in [2.45, 2.75) is 11.1 Å². The average Bonchev–Trinajstić information content (AvgIpc) is 3.09. The first kappa shape index (κ1) is 18.0. The number of hydrogen-bond donors (Lipinski definition) is 1. The highest BCUT2D eigenvalue weighted by Gasteiger charge is 2.31. The number of nitrogens with zero attached hydrogens (tertiary/aromatic N) is 2. The number of halogens is 3. The summed E-state index contributed by atoms with van der Waals surface area (Å²) in [6, 6.07) is 11.2. The van der Waals surface area contributed by atoms with Gasteiger partial charge in [0.05, 0.1) is 5.56 Å². The summed E-state index contributed by atoms with van der Waals surface area (Å²) in [6.45, 7) is 0. The summed E-state index contributed by atoms with van der Waals surface area (Å²) in [7, 11) is 0. The summed E-state index contributed by atoms with van der Waals surface area (Å²) in [5.41, 5.74) is -0.405. The van der Waals surface area contributed by atoms with Gasteiger partial charge in [-0.2, -0.15) is 13.2 Å². The van der Waals surface area contributed by atoms with Gasteiger partial charge in [-0.15, -0.1) is 16.9 Å². The number of hydrogen-bond acceptors (Lipinski definition) is 5. The molecular weight excluding hydrogens is 367 g/mol. The van der Waals surface area contributed by atoms with Crippen molar-refractivity contribution in [2.24, 2.45) is 0 Å². The van der Waals surface area contributed by atoms with Crippen LogP contribution in [0.3, 0.4) is 0 Å². The fourth-order valence-corrected chi connectivity index (χ4v) is 2.61. The van der Waals surface area contributed by atoms with E-state index in [2.05, 4.69) is 15.5 Å². The van der Waals surface area contributed by atoms with Crippen molar-refractivity contribution in [2.75, 3.05) is 11.6 Å². The van der Waals surface area contributed by atoms with Gasteiger partial charge in [-0.05, 0) is 42.7 Å². The average molecular weight is 379 g/mol. The van der Waals surface area contributed by atoms with Crippen molar-refractivity contribution in [1.82, 2.24) is 10.2 Å². The predicted octanol–water partition coefficient (Wildman–Crippen LogP) is 4.73. The van der Waals surface area contributed by atoms with Gasteiger partial charge < -0.3 is 4.42 Å². The Labute approximate surface area is 150 Å². The number of anilines is 1. The minimum atomic E-state index is -4.53. The van der Waals surface area contributed by atoms with Crippen LogP contribution in [0.5, 0.6) is 0 Å². The fraction of sp³-hybridized carbons (Fsp3) is 0.118. The Morgan fingerprint density at radius 3 is 2.62 bits per heavy atom. The topological polar surface area (TPSA) is 68.0 Å². The summed E-state index contributed by atoms with van der Waals surface area (Å²) in [4.78, 5) is 13.1. The largest absolute Gasteiger partial charge is 0.416 e. The van der Waals surface area contributed by atoms with Gasteiger partial charge in [0, 0.05) is 16.0 Å². The van der Waals surface area contributed by atoms with Crippen LogP contribution < -0.4 is 5.32 Å². The summed E-state index contributed by atoms with van der Waals surface area (Å²) < 4.78 is 43.6. The smallest absolute Gasteiger partial charge is 0.403 e. The third-order valence-corrected chi connectivity index (χ3v) is 4.14. The van der Waals surface area contributed by atoms with Crippen molar-refractivity contribution < 1.29 is 22.4 Å². The van der Waals surface area contributed by atoms with E-state index < -0.39 is 17.6 Å². The first-order valence-corrected chi connectivity index (χ1v) is 8.56. The van der Waals surface area contributed by atoms with Gasteiger partial charge in [0.1, 0.15) is 0 Å². The quantitative estimate of drug-likeness (QED) is 0.664. The molecule has 2 aromatic carbocycles. The highest BCUT2D eigenvalue weighted by atomic mass is 32.2. The van der Waals surface area contributed by atoms with Crippen LogP contribution in [-0.2, 0) is 6.18 Å². The number of benzene rings is 2. The summed E-state index contributed by atoms with van der Waals surface area (Å²) in [5.74, 6) is -0.579. The maximum Gasteiger partial charge on any atom is 0.416 e. The normalized spacial score (nSPS) is 11.4. The number of rotatable bonds is 4. The van der Waals surface area contributed by atoms with Crippen LogP contribution in [0.25, 0.3) is 11.5 Å². The number of alkyl halides is 3. The molecule has 0 aliphatic carbocycles. The maximum absolute atomic E-state index is 12.7. The fourth-order valence-electron chi connectivity index (χ4n) is 2.15. The van der Waals surface area contributed by atoms with E-state index in [9.17, 15) is 18.0 Å². The lowest BCUT2D eigenvalue weighted by atomic mass is 10.1. The van der Waals surface area contributed by atoms with E-state index in [0.29, 0.717) is 5.56 Å². The van der Waals surface area contributed by atoms with Crippen molar-refractivity contribution in [3.05, 3.63) is 59.7 Å². The second-order valence-electron chi connectivity index (χ2n) is 5.18. The van der Waals surface area contributed by atoms with E-state index in [1.807, 2.05) is 24.5 Å². The molecule has 5 nitrogen and oxygen atoms in total. The van der Waals surface area contributed by atoms with E-state index in [-0.39, 0.29) is 17.5 Å². The SMILES string of the molecule is CSc1cccc(-c2nnc(NC(=O)c3cccc(C(F)(F)F)c3)o2)c1. The highest BCUT2D eigenvalue weighted by Crippen LogP contribution is 2.30. The lowest BCUT2D eigenvalue weighted by Gasteiger charge is -2.07. The zero-order valence-corrected chi connectivity index (χ0v) is 14.2. The maximum atomic E-state index is 12.7. The zero-order valence-electron chi connectivity index (χ0n) is 13.4. The van der Waals surface area contributed by atoms with Gasteiger partial charge in [0.2, 0.25) is 5.89 Å². The van der Waals surface area contributed by atoms with Gasteiger partial charge in [0.15, 0.2) is 0 Å². The van der Waals surface area contributed by atoms with Crippen LogP contribution in [0.15, 0.2) is 57.8 Å². The third-order valence-electron chi connectivity index (χ3n) is 3.41. The molecule has 9 heteroatoms. The second-order valence-corrected chi connectivity index (χ2v) is 6.06. The van der Waals surface area contributed by atoms with Gasteiger partial charge in [0.25, 0.3) is 5.91 Å². The number of amides is 1. The first-order valence-electron chi connectivity index (χ1n) is 7.33. The van der Waals surface area contributed by atoms with Gasteiger partial charge >= 0.3 is 12.2 Å². The van der Waals surface area contributed by atoms with Crippen molar-refractivity contribution in [3.63, 3.8) is 0 Å². The van der Waals surface area contributed by atoms with Crippen LogP contribution in [0.1, 0.15) is 15.9 Å². The molecular formula is C17H12F3N3O2S. The Morgan fingerprint density at radius 2 is 1.88 bits per heavy atom. The molecule has 134 valence electrons. The Kier molecular flexibility index (Phi) is 4.99. The lowest BCUT2D eigenvalue weighted by molar-refractivity contribution is -0.137. The Hall–Kier alpha value is -2.81. The number of carbonyl (C=O) groups is 1. The van der Waals surface area contributed by atoms with E-state index in [0.717, 1.165) is 23.1 Å². The van der Waals surface area contributed by atoms with Crippen molar-refractivity contribution in [3.8, 4) is 11.5 Å². The van der Waals surface area contributed by atoms with Crippen molar-refractivity contribution >= 4 is 23.7 Å². The molecule has 0 saturated heterocycles. The summed E-state index contributed by atoms with van der Waals surface area (Å²) in [6.07, 6.45) is -2.61. The van der Waals surface area contributed by atoms with Crippen LogP contribution in [-0.4, -0.2) is 22.4 Å². The molecule has 0 atom stereocenters. The molecule has 0 unspecified atom stereocenters. The molecule has 1 heterocycles. The Balaban J connectivity index is 1.78. The van der Waals surface area contributed by atoms with E-state index in [1.54, 1.807) is 17.8 Å². The predicted molar refractivity (Wildman–Crippen MR) is 90.9 cm³/mol. The zero-order chi connectivity index (χ0) is 18.7. The minimum absolute atomic E-state index is 0.163. The van der Waals surface area contributed by atoms with Gasteiger partial charge in [-0.3, -0.25) is 10.1 Å².